The number of carbonyl (C=O) groups excluding carboxylic acids is 3. The van der Waals surface area contributed by atoms with Crippen molar-refractivity contribution in [1.29, 1.82) is 0 Å². The molecule has 0 radical (unpaired) electrons. The average Bonchev–Trinajstić information content (AvgIpc) is 2.61. The van der Waals surface area contributed by atoms with Crippen LogP contribution in [0.25, 0.3) is 0 Å². The molecule has 0 atom stereocenters. The predicted molar refractivity (Wildman–Crippen MR) is 105 cm³/mol. The van der Waals surface area contributed by atoms with E-state index in [1.807, 2.05) is 45.0 Å². The number of ether oxygens (including phenoxy) is 1. The molecule has 2 heterocycles. The third-order valence-corrected chi connectivity index (χ3v) is 4.62. The molecule has 1 aliphatic heterocycles. The summed E-state index contributed by atoms with van der Waals surface area (Å²) >= 11 is 0. The number of piperidine rings is 1. The second-order valence-corrected chi connectivity index (χ2v) is 7.76. The summed E-state index contributed by atoms with van der Waals surface area (Å²) in [6, 6.07) is 10.5. The first kappa shape index (κ1) is 19.5. The van der Waals surface area contributed by atoms with E-state index in [1.54, 1.807) is 13.1 Å². The number of pyridine rings is 1. The number of aromatic nitrogens is 1. The molecule has 0 saturated carbocycles. The number of hydrogen-bond donors (Lipinski definition) is 0. The monoisotopic (exact) mass is 381 g/mol. The summed E-state index contributed by atoms with van der Waals surface area (Å²) in [5.41, 5.74) is 1.82. The molecule has 28 heavy (non-hydrogen) atoms. The lowest BCUT2D eigenvalue weighted by Gasteiger charge is -2.34. The Morgan fingerprint density at radius 2 is 1.68 bits per heavy atom. The summed E-state index contributed by atoms with van der Waals surface area (Å²) in [7, 11) is 1.61. The standard InChI is InChI=1S/C21H23N3O4/c1-14-5-7-15(8-6-14)23(4)20(27)28-17-10-9-16(13-22-17)24-18(25)11-21(2,3)12-19(24)26/h5-10,13H,11-12H2,1-4H3. The summed E-state index contributed by atoms with van der Waals surface area (Å²) in [5, 5.41) is 0. The summed E-state index contributed by atoms with van der Waals surface area (Å²) < 4.78 is 5.28. The van der Waals surface area contributed by atoms with Crippen LogP contribution < -0.4 is 14.5 Å². The van der Waals surface area contributed by atoms with Gasteiger partial charge in [0, 0.05) is 31.6 Å². The van der Waals surface area contributed by atoms with Crippen LogP contribution in [0.1, 0.15) is 32.3 Å². The van der Waals surface area contributed by atoms with Crippen molar-refractivity contribution in [2.75, 3.05) is 16.8 Å². The molecule has 3 rings (SSSR count). The van der Waals surface area contributed by atoms with E-state index >= 15 is 0 Å². The zero-order valence-corrected chi connectivity index (χ0v) is 16.4. The van der Waals surface area contributed by atoms with Crippen LogP contribution in [0.15, 0.2) is 42.6 Å². The van der Waals surface area contributed by atoms with Gasteiger partial charge in [0.15, 0.2) is 0 Å². The Bertz CT molecular complexity index is 884. The van der Waals surface area contributed by atoms with Gasteiger partial charge in [0.05, 0.1) is 11.9 Å². The Morgan fingerprint density at radius 1 is 1.07 bits per heavy atom. The number of nitrogens with zero attached hydrogens (tertiary/aromatic N) is 3. The first-order valence-electron chi connectivity index (χ1n) is 9.00. The van der Waals surface area contributed by atoms with E-state index in [0.29, 0.717) is 11.4 Å². The van der Waals surface area contributed by atoms with Gasteiger partial charge < -0.3 is 4.74 Å². The van der Waals surface area contributed by atoms with Gasteiger partial charge in [-0.2, -0.15) is 0 Å². The highest BCUT2D eigenvalue weighted by Crippen LogP contribution is 2.34. The number of carbonyl (C=O) groups is 3. The molecule has 146 valence electrons. The fourth-order valence-corrected chi connectivity index (χ4v) is 3.06. The van der Waals surface area contributed by atoms with Crippen molar-refractivity contribution in [3.63, 3.8) is 0 Å². The largest absolute Gasteiger partial charge is 0.420 e. The number of imide groups is 1. The first-order chi connectivity index (χ1) is 13.2. The SMILES string of the molecule is Cc1ccc(N(C)C(=O)Oc2ccc(N3C(=O)CC(C)(C)CC3=O)cn2)cc1. The number of anilines is 2. The molecule has 2 aromatic rings. The van der Waals surface area contributed by atoms with E-state index < -0.39 is 6.09 Å². The van der Waals surface area contributed by atoms with Gasteiger partial charge in [-0.3, -0.25) is 14.5 Å². The molecule has 0 aliphatic carbocycles. The van der Waals surface area contributed by atoms with Gasteiger partial charge in [-0.25, -0.2) is 14.7 Å². The zero-order chi connectivity index (χ0) is 20.5. The fourth-order valence-electron chi connectivity index (χ4n) is 3.06. The molecule has 1 aromatic carbocycles. The van der Waals surface area contributed by atoms with Gasteiger partial charge >= 0.3 is 6.09 Å². The van der Waals surface area contributed by atoms with Crippen LogP contribution >= 0.6 is 0 Å². The fraction of sp³-hybridized carbons (Fsp3) is 0.333. The van der Waals surface area contributed by atoms with E-state index in [4.69, 9.17) is 4.74 Å². The van der Waals surface area contributed by atoms with Crippen molar-refractivity contribution in [1.82, 2.24) is 4.98 Å². The summed E-state index contributed by atoms with van der Waals surface area (Å²) in [5.74, 6) is -0.427. The van der Waals surface area contributed by atoms with Gasteiger partial charge in [0.25, 0.3) is 0 Å². The molecule has 1 fully saturated rings. The second-order valence-electron chi connectivity index (χ2n) is 7.76. The van der Waals surface area contributed by atoms with Gasteiger partial charge in [0.2, 0.25) is 17.7 Å². The van der Waals surface area contributed by atoms with E-state index in [9.17, 15) is 14.4 Å². The Balaban J connectivity index is 1.69. The molecule has 1 aromatic heterocycles. The Labute approximate surface area is 163 Å². The molecule has 7 heteroatoms. The molecule has 1 saturated heterocycles. The number of amides is 3. The van der Waals surface area contributed by atoms with Crippen molar-refractivity contribution in [3.05, 3.63) is 48.2 Å². The Kier molecular flexibility index (Phi) is 5.18. The topological polar surface area (TPSA) is 79.8 Å². The average molecular weight is 381 g/mol. The maximum atomic E-state index is 12.3. The molecular formula is C21H23N3O4. The molecule has 0 unspecified atom stereocenters. The minimum Gasteiger partial charge on any atom is -0.391 e. The van der Waals surface area contributed by atoms with Crippen LogP contribution in [-0.2, 0) is 9.59 Å². The van der Waals surface area contributed by atoms with E-state index in [2.05, 4.69) is 4.98 Å². The molecular weight excluding hydrogens is 358 g/mol. The van der Waals surface area contributed by atoms with Crippen LogP contribution in [0.3, 0.4) is 0 Å². The third kappa shape index (κ3) is 4.19. The Morgan fingerprint density at radius 3 is 2.21 bits per heavy atom. The van der Waals surface area contributed by atoms with E-state index in [-0.39, 0.29) is 36.0 Å². The van der Waals surface area contributed by atoms with E-state index in [1.165, 1.54) is 17.2 Å². The number of aryl methyl sites for hydroxylation is 1. The maximum absolute atomic E-state index is 12.3. The van der Waals surface area contributed by atoms with Crippen LogP contribution in [0, 0.1) is 12.3 Å². The van der Waals surface area contributed by atoms with Gasteiger partial charge in [-0.15, -0.1) is 0 Å². The minimum absolute atomic E-state index is 0.0879. The quantitative estimate of drug-likeness (QED) is 0.758. The smallest absolute Gasteiger partial charge is 0.391 e. The lowest BCUT2D eigenvalue weighted by Crippen LogP contribution is -2.46. The number of benzene rings is 1. The highest BCUT2D eigenvalue weighted by atomic mass is 16.6. The van der Waals surface area contributed by atoms with Crippen molar-refractivity contribution in [2.45, 2.75) is 33.6 Å². The van der Waals surface area contributed by atoms with Crippen LogP contribution in [-0.4, -0.2) is 29.9 Å². The van der Waals surface area contributed by atoms with Crippen molar-refractivity contribution in [2.24, 2.45) is 5.41 Å². The normalized spacial score (nSPS) is 16.1. The first-order valence-corrected chi connectivity index (χ1v) is 9.00. The highest BCUT2D eigenvalue weighted by molar-refractivity contribution is 6.16. The molecule has 3 amide bonds. The van der Waals surface area contributed by atoms with Crippen LogP contribution in [0.4, 0.5) is 16.2 Å². The van der Waals surface area contributed by atoms with Crippen molar-refractivity contribution >= 4 is 29.3 Å². The number of hydrogen-bond acceptors (Lipinski definition) is 5. The van der Waals surface area contributed by atoms with Crippen molar-refractivity contribution < 1.29 is 19.1 Å². The predicted octanol–water partition coefficient (Wildman–Crippen LogP) is 3.70. The maximum Gasteiger partial charge on any atom is 0.420 e. The van der Waals surface area contributed by atoms with Gasteiger partial charge in [-0.1, -0.05) is 31.5 Å². The lowest BCUT2D eigenvalue weighted by molar-refractivity contribution is -0.132. The molecule has 7 nitrogen and oxygen atoms in total. The second kappa shape index (κ2) is 7.42. The Hall–Kier alpha value is -3.22. The molecule has 0 bridgehead atoms. The summed E-state index contributed by atoms with van der Waals surface area (Å²) in [6.45, 7) is 5.75. The van der Waals surface area contributed by atoms with Gasteiger partial charge in [-0.05, 0) is 30.5 Å². The van der Waals surface area contributed by atoms with E-state index in [0.717, 1.165) is 10.5 Å². The minimum atomic E-state index is -0.587. The van der Waals surface area contributed by atoms with Crippen LogP contribution in [0.2, 0.25) is 0 Å². The highest BCUT2D eigenvalue weighted by Gasteiger charge is 2.38. The molecule has 0 N–H and O–H groups in total. The third-order valence-electron chi connectivity index (χ3n) is 4.62. The van der Waals surface area contributed by atoms with Gasteiger partial charge in [0.1, 0.15) is 0 Å². The lowest BCUT2D eigenvalue weighted by atomic mass is 9.81. The summed E-state index contributed by atoms with van der Waals surface area (Å²) in [6.07, 6.45) is 1.35. The molecule has 1 aliphatic rings. The zero-order valence-electron chi connectivity index (χ0n) is 16.4. The number of rotatable bonds is 3. The van der Waals surface area contributed by atoms with Crippen molar-refractivity contribution in [3.8, 4) is 5.88 Å². The molecule has 0 spiro atoms. The van der Waals surface area contributed by atoms with Crippen LogP contribution in [0.5, 0.6) is 5.88 Å². The summed E-state index contributed by atoms with van der Waals surface area (Å²) in [4.78, 5) is 43.6.